The molecule has 2 aromatic rings. The van der Waals surface area contributed by atoms with Crippen LogP contribution in [0.4, 0.5) is 14.9 Å². The van der Waals surface area contributed by atoms with Gasteiger partial charge in [0.1, 0.15) is 48.2 Å². The average molecular weight is 834 g/mol. The number of carbonyl (C=O) groups excluding carboxylic acids is 7. The Bertz CT molecular complexity index is 1980. The summed E-state index contributed by atoms with van der Waals surface area (Å²) in [4.78, 5) is 103. The van der Waals surface area contributed by atoms with Gasteiger partial charge < -0.3 is 45.8 Å². The van der Waals surface area contributed by atoms with Crippen molar-refractivity contribution in [1.29, 1.82) is 0 Å². The summed E-state index contributed by atoms with van der Waals surface area (Å²) in [5.74, 6) is -5.02. The second-order valence-electron chi connectivity index (χ2n) is 16.5. The Kier molecular flexibility index (Phi) is 14.1. The largest absolute Gasteiger partial charge is 0.458 e. The van der Waals surface area contributed by atoms with E-state index in [9.17, 15) is 43.1 Å². The topological polar surface area (TPSA) is 207 Å². The number of piperidine rings is 1. The molecule has 324 valence electrons. The number of ether oxygens (including phenoxy) is 1. The summed E-state index contributed by atoms with van der Waals surface area (Å²) >= 11 is 0. The molecule has 8 atom stereocenters. The van der Waals surface area contributed by atoms with E-state index in [2.05, 4.69) is 21.3 Å². The van der Waals surface area contributed by atoms with E-state index in [1.54, 1.807) is 18.2 Å². The minimum Gasteiger partial charge on any atom is -0.458 e. The highest BCUT2D eigenvalue weighted by Gasteiger charge is 2.47. The number of nitrogens with zero attached hydrogens (tertiary/aromatic N) is 3. The first-order valence-corrected chi connectivity index (χ1v) is 20.9. The van der Waals surface area contributed by atoms with E-state index in [0.717, 1.165) is 11.1 Å². The molecule has 0 spiro atoms. The number of benzene rings is 2. The zero-order chi connectivity index (χ0) is 43.2. The molecule has 0 aromatic heterocycles. The minimum atomic E-state index is -1.57. The quantitative estimate of drug-likeness (QED) is 0.246. The third-order valence-electron chi connectivity index (χ3n) is 11.9. The number of urea groups is 1. The summed E-state index contributed by atoms with van der Waals surface area (Å²) in [7, 11) is 0. The number of aliphatic hydroxyl groups is 1. The van der Waals surface area contributed by atoms with E-state index in [1.807, 2.05) is 32.9 Å². The van der Waals surface area contributed by atoms with Gasteiger partial charge >= 0.3 is 12.0 Å². The minimum absolute atomic E-state index is 0.0421. The SMILES string of the molecule is CCc1ccc(NC(=O)N[C@@H](Cc2cccc(C)c2)C(=O)N[C@@H]2C(=O)N3CCC[C@H]3C(=O)N3CCCC[C@H]3C(=O)N[C@@H](CO)C(=O)N3C[C@H](C)C[C@H]3C(=O)O[C@H]2C)c(F)c1. The molecule has 7 amide bonds. The predicted molar refractivity (Wildman–Crippen MR) is 216 cm³/mol. The van der Waals surface area contributed by atoms with Gasteiger partial charge in [0.15, 0.2) is 0 Å². The molecule has 6 rings (SSSR count). The van der Waals surface area contributed by atoms with Crippen LogP contribution in [0.25, 0.3) is 0 Å². The standard InChI is InChI=1S/C43H56FN7O9/c1-5-27-14-15-30(29(44)20-27)46-43(59)47-31(21-28-11-8-10-24(2)18-28)37(53)48-36-26(4)60-42(58)35-19-25(3)22-51(35)39(55)32(23-52)45-38(54)33-12-6-7-16-49(33)40(56)34-13-9-17-50(34)41(36)57/h8,10-11,14-15,18,20,25-26,31-36,52H,5-7,9,12-13,16-17,19,21-23H2,1-4H3,(H,45,54)(H,48,53)(H2,46,47,59)/t25-,26+,31+,32+,33+,34+,35+,36+/m1/s1. The van der Waals surface area contributed by atoms with Crippen molar-refractivity contribution in [3.8, 4) is 0 Å². The lowest BCUT2D eigenvalue weighted by Crippen LogP contribution is -2.63. The van der Waals surface area contributed by atoms with Crippen molar-refractivity contribution in [2.24, 2.45) is 5.92 Å². The summed E-state index contributed by atoms with van der Waals surface area (Å²) in [6.45, 7) is 6.75. The van der Waals surface area contributed by atoms with Crippen LogP contribution in [0.1, 0.15) is 76.0 Å². The lowest BCUT2D eigenvalue weighted by atomic mass is 9.98. The maximum absolute atomic E-state index is 14.9. The molecular formula is C43H56FN7O9. The van der Waals surface area contributed by atoms with Crippen LogP contribution in [0.15, 0.2) is 42.5 Å². The second kappa shape index (κ2) is 19.2. The van der Waals surface area contributed by atoms with Crippen molar-refractivity contribution in [1.82, 2.24) is 30.7 Å². The molecule has 0 saturated carbocycles. The zero-order valence-corrected chi connectivity index (χ0v) is 34.6. The third-order valence-corrected chi connectivity index (χ3v) is 11.9. The van der Waals surface area contributed by atoms with E-state index in [4.69, 9.17) is 4.74 Å². The number of halogens is 1. The Balaban J connectivity index is 1.34. The second-order valence-corrected chi connectivity index (χ2v) is 16.5. The number of anilines is 1. The monoisotopic (exact) mass is 833 g/mol. The van der Waals surface area contributed by atoms with Gasteiger partial charge in [-0.2, -0.15) is 0 Å². The third kappa shape index (κ3) is 9.88. The van der Waals surface area contributed by atoms with Crippen LogP contribution in [0.2, 0.25) is 0 Å². The molecule has 4 saturated heterocycles. The van der Waals surface area contributed by atoms with Gasteiger partial charge in [0, 0.05) is 26.1 Å². The van der Waals surface area contributed by atoms with Crippen molar-refractivity contribution in [3.63, 3.8) is 0 Å². The molecule has 17 heteroatoms. The Morgan fingerprint density at radius 3 is 2.35 bits per heavy atom. The van der Waals surface area contributed by atoms with Crippen LogP contribution < -0.4 is 21.3 Å². The number of hydrogen-bond donors (Lipinski definition) is 5. The molecule has 4 fully saturated rings. The van der Waals surface area contributed by atoms with Gasteiger partial charge in [-0.25, -0.2) is 14.0 Å². The van der Waals surface area contributed by atoms with Gasteiger partial charge in [0.25, 0.3) is 0 Å². The highest BCUT2D eigenvalue weighted by molar-refractivity contribution is 5.99. The molecule has 2 aromatic carbocycles. The Morgan fingerprint density at radius 2 is 1.63 bits per heavy atom. The van der Waals surface area contributed by atoms with Crippen molar-refractivity contribution < 1.29 is 47.8 Å². The van der Waals surface area contributed by atoms with Crippen molar-refractivity contribution in [3.05, 3.63) is 65.0 Å². The molecule has 16 nitrogen and oxygen atoms in total. The number of amides is 7. The van der Waals surface area contributed by atoms with E-state index >= 15 is 0 Å². The van der Waals surface area contributed by atoms with Crippen molar-refractivity contribution >= 4 is 47.2 Å². The van der Waals surface area contributed by atoms with Crippen LogP contribution in [-0.4, -0.2) is 130 Å². The molecule has 0 unspecified atom stereocenters. The van der Waals surface area contributed by atoms with E-state index in [1.165, 1.54) is 33.8 Å². The maximum Gasteiger partial charge on any atom is 0.329 e. The van der Waals surface area contributed by atoms with Crippen LogP contribution in [0.3, 0.4) is 0 Å². The summed E-state index contributed by atoms with van der Waals surface area (Å²) in [6, 6.07) is 3.37. The highest BCUT2D eigenvalue weighted by atomic mass is 19.1. The number of hydrogen-bond acceptors (Lipinski definition) is 9. The maximum atomic E-state index is 14.9. The molecule has 0 bridgehead atoms. The van der Waals surface area contributed by atoms with E-state index in [0.29, 0.717) is 37.7 Å². The van der Waals surface area contributed by atoms with Crippen LogP contribution >= 0.6 is 0 Å². The molecule has 60 heavy (non-hydrogen) atoms. The van der Waals surface area contributed by atoms with Crippen molar-refractivity contribution in [2.45, 2.75) is 121 Å². The first-order valence-electron chi connectivity index (χ1n) is 20.9. The fourth-order valence-electron chi connectivity index (χ4n) is 8.74. The normalized spacial score (nSPS) is 27.0. The number of aryl methyl sites for hydroxylation is 2. The van der Waals surface area contributed by atoms with E-state index < -0.39 is 96.3 Å². The average Bonchev–Trinajstić information content (AvgIpc) is 3.88. The molecular weight excluding hydrogens is 778 g/mol. The smallest absolute Gasteiger partial charge is 0.329 e. The Labute approximate surface area is 348 Å². The Morgan fingerprint density at radius 1 is 0.900 bits per heavy atom. The first-order chi connectivity index (χ1) is 28.7. The van der Waals surface area contributed by atoms with Crippen molar-refractivity contribution in [2.75, 3.05) is 31.6 Å². The number of carbonyl (C=O) groups is 7. The summed E-state index contributed by atoms with van der Waals surface area (Å²) in [6.07, 6.45) is 1.64. The van der Waals surface area contributed by atoms with Crippen LogP contribution in [0, 0.1) is 18.7 Å². The molecule has 4 aliphatic heterocycles. The number of aliphatic hydroxyl groups excluding tert-OH is 1. The summed E-state index contributed by atoms with van der Waals surface area (Å²) < 4.78 is 20.8. The van der Waals surface area contributed by atoms with Gasteiger partial charge in [-0.05, 0) is 88.0 Å². The van der Waals surface area contributed by atoms with Crippen LogP contribution in [-0.2, 0) is 46.3 Å². The summed E-state index contributed by atoms with van der Waals surface area (Å²) in [5.41, 5.74) is 2.18. The molecule has 0 aliphatic carbocycles. The van der Waals surface area contributed by atoms with Crippen LogP contribution in [0.5, 0.6) is 0 Å². The molecule has 4 aliphatic rings. The number of fused-ring (bicyclic) bond motifs is 3. The van der Waals surface area contributed by atoms with Gasteiger partial charge in [-0.15, -0.1) is 0 Å². The molecule has 5 N–H and O–H groups in total. The van der Waals surface area contributed by atoms with Gasteiger partial charge in [0.05, 0.1) is 12.3 Å². The summed E-state index contributed by atoms with van der Waals surface area (Å²) in [5, 5.41) is 20.7. The predicted octanol–water partition coefficient (Wildman–Crippen LogP) is 1.95. The highest BCUT2D eigenvalue weighted by Crippen LogP contribution is 2.29. The number of nitrogens with one attached hydrogen (secondary N) is 4. The Hall–Kier alpha value is -5.58. The first kappa shape index (κ1) is 44.0. The van der Waals surface area contributed by atoms with Gasteiger partial charge in [0.2, 0.25) is 29.5 Å². The number of cyclic esters (lactones) is 1. The number of esters is 1. The number of rotatable bonds is 8. The van der Waals surface area contributed by atoms with E-state index in [-0.39, 0.29) is 50.5 Å². The fraction of sp³-hybridized carbons (Fsp3) is 0.558. The fourth-order valence-corrected chi connectivity index (χ4v) is 8.74. The lowest BCUT2D eigenvalue weighted by molar-refractivity contribution is -0.163. The lowest BCUT2D eigenvalue weighted by Gasteiger charge is -2.40. The molecule has 4 heterocycles. The van der Waals surface area contributed by atoms with Gasteiger partial charge in [-0.1, -0.05) is 49.7 Å². The zero-order valence-electron chi connectivity index (χ0n) is 34.6. The molecule has 0 radical (unpaired) electrons. The van der Waals surface area contributed by atoms with Gasteiger partial charge in [-0.3, -0.25) is 24.0 Å².